The van der Waals surface area contributed by atoms with E-state index < -0.39 is 12.1 Å². The van der Waals surface area contributed by atoms with Gasteiger partial charge in [-0.2, -0.15) is 0 Å². The highest BCUT2D eigenvalue weighted by Crippen LogP contribution is 2.28. The summed E-state index contributed by atoms with van der Waals surface area (Å²) in [4.78, 5) is 17.0. The first-order valence-electron chi connectivity index (χ1n) is 9.97. The molecule has 0 aliphatic carbocycles. The minimum Gasteiger partial charge on any atom is -0.369 e. The molecule has 0 bridgehead atoms. The van der Waals surface area contributed by atoms with E-state index in [0.717, 1.165) is 44.0 Å². The molecule has 29 heavy (non-hydrogen) atoms. The fraction of sp³-hybridized carbons (Fsp3) is 0.409. The largest absolute Gasteiger partial charge is 0.369 e. The molecule has 1 aliphatic rings. The number of amides is 2. The standard InChI is InChI=1S/C22H28F2N4O/c1-4-27-9-11-28(12-10-27)21-8-6-17(23)13-19(21)16(3)25-22(29)26-18-7-5-15(2)20(24)14-18/h5-8,13-14,16H,4,9-12H2,1-3H3,(H2,25,26,29). The molecule has 1 unspecified atom stereocenters. The van der Waals surface area contributed by atoms with Gasteiger partial charge in [-0.05, 0) is 56.3 Å². The number of carbonyl (C=O) groups is 1. The molecule has 0 spiro atoms. The Bertz CT molecular complexity index is 866. The fourth-order valence-corrected chi connectivity index (χ4v) is 3.58. The number of aryl methyl sites for hydroxylation is 1. The zero-order valence-electron chi connectivity index (χ0n) is 17.1. The number of rotatable bonds is 5. The molecule has 1 atom stereocenters. The third-order valence-electron chi connectivity index (χ3n) is 5.39. The van der Waals surface area contributed by atoms with Crippen molar-refractivity contribution in [2.24, 2.45) is 0 Å². The van der Waals surface area contributed by atoms with Gasteiger partial charge in [0, 0.05) is 43.1 Å². The molecule has 0 radical (unpaired) electrons. The maximum Gasteiger partial charge on any atom is 0.319 e. The zero-order chi connectivity index (χ0) is 21.0. The molecule has 1 heterocycles. The van der Waals surface area contributed by atoms with Gasteiger partial charge in [0.15, 0.2) is 0 Å². The summed E-state index contributed by atoms with van der Waals surface area (Å²) < 4.78 is 27.7. The number of anilines is 2. The van der Waals surface area contributed by atoms with E-state index in [1.54, 1.807) is 25.1 Å². The van der Waals surface area contributed by atoms with Crippen molar-refractivity contribution in [2.45, 2.75) is 26.8 Å². The van der Waals surface area contributed by atoms with E-state index >= 15 is 0 Å². The van der Waals surface area contributed by atoms with Crippen molar-refractivity contribution in [2.75, 3.05) is 42.9 Å². The number of nitrogens with one attached hydrogen (secondary N) is 2. The molecular formula is C22H28F2N4O. The number of nitrogens with zero attached hydrogens (tertiary/aromatic N) is 2. The van der Waals surface area contributed by atoms with Gasteiger partial charge in [-0.1, -0.05) is 13.0 Å². The van der Waals surface area contributed by atoms with Crippen LogP contribution in [0.15, 0.2) is 36.4 Å². The van der Waals surface area contributed by atoms with E-state index in [4.69, 9.17) is 0 Å². The molecule has 7 heteroatoms. The van der Waals surface area contributed by atoms with Crippen LogP contribution < -0.4 is 15.5 Å². The molecule has 3 rings (SSSR count). The topological polar surface area (TPSA) is 47.6 Å². The monoisotopic (exact) mass is 402 g/mol. The van der Waals surface area contributed by atoms with Crippen LogP contribution >= 0.6 is 0 Å². The molecule has 156 valence electrons. The smallest absolute Gasteiger partial charge is 0.319 e. The second kappa shape index (κ2) is 9.22. The summed E-state index contributed by atoms with van der Waals surface area (Å²) in [7, 11) is 0. The van der Waals surface area contributed by atoms with Crippen molar-refractivity contribution < 1.29 is 13.6 Å². The van der Waals surface area contributed by atoms with Crippen LogP contribution in [0.25, 0.3) is 0 Å². The van der Waals surface area contributed by atoms with E-state index in [9.17, 15) is 13.6 Å². The van der Waals surface area contributed by atoms with Gasteiger partial charge in [0.2, 0.25) is 0 Å². The van der Waals surface area contributed by atoms with Crippen LogP contribution in [0.1, 0.15) is 31.0 Å². The normalized spacial score (nSPS) is 15.8. The van der Waals surface area contributed by atoms with Crippen LogP contribution in [0.2, 0.25) is 0 Å². The van der Waals surface area contributed by atoms with Gasteiger partial charge in [0.1, 0.15) is 11.6 Å². The molecule has 2 aromatic carbocycles. The molecule has 1 saturated heterocycles. The maximum absolute atomic E-state index is 14.0. The van der Waals surface area contributed by atoms with Gasteiger partial charge < -0.3 is 20.4 Å². The van der Waals surface area contributed by atoms with Crippen LogP contribution in [-0.4, -0.2) is 43.7 Å². The Kier molecular flexibility index (Phi) is 6.69. The number of likely N-dealkylation sites (N-methyl/N-ethyl adjacent to an activating group) is 1. The van der Waals surface area contributed by atoms with E-state index in [1.807, 2.05) is 6.92 Å². The third kappa shape index (κ3) is 5.23. The molecule has 5 nitrogen and oxygen atoms in total. The van der Waals surface area contributed by atoms with Crippen molar-refractivity contribution in [3.63, 3.8) is 0 Å². The second-order valence-corrected chi connectivity index (χ2v) is 7.41. The maximum atomic E-state index is 14.0. The van der Waals surface area contributed by atoms with Gasteiger partial charge in [-0.3, -0.25) is 0 Å². The molecule has 2 amide bonds. The predicted octanol–water partition coefficient (Wildman–Crippen LogP) is 4.30. The highest BCUT2D eigenvalue weighted by atomic mass is 19.1. The summed E-state index contributed by atoms with van der Waals surface area (Å²) >= 11 is 0. The molecule has 0 aromatic heterocycles. The van der Waals surface area contributed by atoms with Crippen molar-refractivity contribution in [3.05, 3.63) is 59.2 Å². The highest BCUT2D eigenvalue weighted by molar-refractivity contribution is 5.89. The SMILES string of the molecule is CCN1CCN(c2ccc(F)cc2C(C)NC(=O)Nc2ccc(C)c(F)c2)CC1. The lowest BCUT2D eigenvalue weighted by molar-refractivity contribution is 0.249. The number of benzene rings is 2. The minimum absolute atomic E-state index is 0.342. The first-order valence-corrected chi connectivity index (χ1v) is 9.97. The molecule has 2 N–H and O–H groups in total. The molecule has 2 aromatic rings. The number of hydrogen-bond donors (Lipinski definition) is 2. The first kappa shape index (κ1) is 21.0. The first-order chi connectivity index (χ1) is 13.9. The van der Waals surface area contributed by atoms with Gasteiger partial charge in [-0.15, -0.1) is 0 Å². The van der Waals surface area contributed by atoms with Gasteiger partial charge in [0.05, 0.1) is 6.04 Å². The predicted molar refractivity (Wildman–Crippen MR) is 112 cm³/mol. The molecule has 1 fully saturated rings. The summed E-state index contributed by atoms with van der Waals surface area (Å²) in [6, 6.07) is 8.34. The Morgan fingerprint density at radius 2 is 1.83 bits per heavy atom. The molecule has 0 saturated carbocycles. The number of urea groups is 1. The van der Waals surface area contributed by atoms with Gasteiger partial charge in [-0.25, -0.2) is 13.6 Å². The van der Waals surface area contributed by atoms with Gasteiger partial charge >= 0.3 is 6.03 Å². The third-order valence-corrected chi connectivity index (χ3v) is 5.39. The summed E-state index contributed by atoms with van der Waals surface area (Å²) in [5, 5.41) is 5.46. The average Bonchev–Trinajstić information content (AvgIpc) is 2.70. The summed E-state index contributed by atoms with van der Waals surface area (Å²) in [5.41, 5.74) is 2.53. The summed E-state index contributed by atoms with van der Waals surface area (Å²) in [5.74, 6) is -0.722. The van der Waals surface area contributed by atoms with E-state index in [1.165, 1.54) is 18.2 Å². The van der Waals surface area contributed by atoms with E-state index in [2.05, 4.69) is 27.4 Å². The summed E-state index contributed by atoms with van der Waals surface area (Å²) in [6.45, 7) is 10.2. The Labute approximate surface area is 170 Å². The van der Waals surface area contributed by atoms with Crippen LogP contribution in [0.4, 0.5) is 25.0 Å². The Morgan fingerprint density at radius 3 is 2.48 bits per heavy atom. The lowest BCUT2D eigenvalue weighted by Gasteiger charge is -2.37. The number of halogens is 2. The van der Waals surface area contributed by atoms with Crippen molar-refractivity contribution in [1.82, 2.24) is 10.2 Å². The molecular weight excluding hydrogens is 374 g/mol. The van der Waals surface area contributed by atoms with Crippen molar-refractivity contribution in [1.29, 1.82) is 0 Å². The lowest BCUT2D eigenvalue weighted by atomic mass is 10.0. The van der Waals surface area contributed by atoms with Crippen molar-refractivity contribution in [3.8, 4) is 0 Å². The average molecular weight is 402 g/mol. The van der Waals surface area contributed by atoms with Crippen molar-refractivity contribution >= 4 is 17.4 Å². The van der Waals surface area contributed by atoms with Gasteiger partial charge in [0.25, 0.3) is 0 Å². The fourth-order valence-electron chi connectivity index (χ4n) is 3.58. The minimum atomic E-state index is -0.466. The van der Waals surface area contributed by atoms with Crippen LogP contribution in [0.3, 0.4) is 0 Å². The Morgan fingerprint density at radius 1 is 1.10 bits per heavy atom. The van der Waals surface area contributed by atoms with Crippen LogP contribution in [0, 0.1) is 18.6 Å². The zero-order valence-corrected chi connectivity index (χ0v) is 17.1. The van der Waals surface area contributed by atoms with Crippen LogP contribution in [-0.2, 0) is 0 Å². The second-order valence-electron chi connectivity index (χ2n) is 7.41. The van der Waals surface area contributed by atoms with E-state index in [0.29, 0.717) is 11.3 Å². The quantitative estimate of drug-likeness (QED) is 0.784. The number of piperazine rings is 1. The Balaban J connectivity index is 1.71. The van der Waals surface area contributed by atoms with E-state index in [-0.39, 0.29) is 11.6 Å². The van der Waals surface area contributed by atoms with Crippen LogP contribution in [0.5, 0.6) is 0 Å². The number of hydrogen-bond acceptors (Lipinski definition) is 3. The lowest BCUT2D eigenvalue weighted by Crippen LogP contribution is -2.46. The highest BCUT2D eigenvalue weighted by Gasteiger charge is 2.22. The summed E-state index contributed by atoms with van der Waals surface area (Å²) in [6.07, 6.45) is 0. The molecule has 1 aliphatic heterocycles. The Hall–Kier alpha value is -2.67. The number of carbonyl (C=O) groups excluding carboxylic acids is 1.